The van der Waals surface area contributed by atoms with Crippen LogP contribution >= 0.6 is 11.6 Å². The number of halogens is 1. The number of hydrogen-bond donors (Lipinski definition) is 0. The van der Waals surface area contributed by atoms with E-state index in [1.54, 1.807) is 12.1 Å². The number of para-hydroxylation sites is 1. The molecule has 0 aliphatic heterocycles. The molecular weight excluding hydrogens is 266 g/mol. The second-order valence-corrected chi connectivity index (χ2v) is 4.41. The van der Waals surface area contributed by atoms with Gasteiger partial charge in [-0.15, -0.1) is 15.0 Å². The summed E-state index contributed by atoms with van der Waals surface area (Å²) in [5.74, 6) is 0. The molecule has 0 saturated heterocycles. The molecule has 92 valence electrons. The highest BCUT2D eigenvalue weighted by Crippen LogP contribution is 2.23. The first-order chi connectivity index (χ1) is 9.33. The Kier molecular flexibility index (Phi) is 2.07. The molecule has 0 bridgehead atoms. The van der Waals surface area contributed by atoms with Crippen molar-refractivity contribution < 1.29 is 4.63 Å². The van der Waals surface area contributed by atoms with Crippen LogP contribution in [0.2, 0.25) is 5.02 Å². The number of nitrogens with zero attached hydrogens (tertiary/aromatic N) is 5. The highest BCUT2D eigenvalue weighted by Gasteiger charge is 2.13. The second kappa shape index (κ2) is 3.76. The van der Waals surface area contributed by atoms with E-state index < -0.39 is 0 Å². The number of fused-ring (bicyclic) bond motifs is 3. The lowest BCUT2D eigenvalue weighted by atomic mass is 10.3. The molecule has 2 heterocycles. The lowest BCUT2D eigenvalue weighted by Gasteiger charge is -2.00. The minimum Gasteiger partial charge on any atom is -0.243 e. The molecule has 19 heavy (non-hydrogen) atoms. The first-order valence-corrected chi connectivity index (χ1v) is 5.94. The van der Waals surface area contributed by atoms with Crippen LogP contribution in [0, 0.1) is 0 Å². The van der Waals surface area contributed by atoms with E-state index in [0.29, 0.717) is 32.8 Å². The van der Waals surface area contributed by atoms with Crippen LogP contribution in [0.25, 0.3) is 27.8 Å². The van der Waals surface area contributed by atoms with Gasteiger partial charge >= 0.3 is 0 Å². The van der Waals surface area contributed by atoms with Gasteiger partial charge in [0.15, 0.2) is 5.52 Å². The zero-order valence-corrected chi connectivity index (χ0v) is 10.2. The topological polar surface area (TPSA) is 69.6 Å². The predicted octanol–water partition coefficient (Wildman–Crippen LogP) is 2.61. The Balaban J connectivity index is 2.04. The summed E-state index contributed by atoms with van der Waals surface area (Å²) in [6.45, 7) is 0. The molecule has 0 N–H and O–H groups in total. The minimum absolute atomic E-state index is 0.581. The molecule has 2 aromatic carbocycles. The maximum absolute atomic E-state index is 6.14. The molecule has 0 amide bonds. The number of benzene rings is 2. The van der Waals surface area contributed by atoms with Crippen LogP contribution in [0.1, 0.15) is 0 Å². The van der Waals surface area contributed by atoms with E-state index in [0.717, 1.165) is 0 Å². The van der Waals surface area contributed by atoms with E-state index in [9.17, 15) is 0 Å². The normalized spacial score (nSPS) is 11.4. The van der Waals surface area contributed by atoms with Gasteiger partial charge in [-0.1, -0.05) is 23.7 Å². The van der Waals surface area contributed by atoms with Crippen molar-refractivity contribution in [2.24, 2.45) is 0 Å². The maximum Gasteiger partial charge on any atom is 0.164 e. The van der Waals surface area contributed by atoms with Crippen molar-refractivity contribution in [2.75, 3.05) is 0 Å². The van der Waals surface area contributed by atoms with Gasteiger partial charge in [0.05, 0.1) is 5.02 Å². The Labute approximate surface area is 111 Å². The Hall–Kier alpha value is -2.47. The SMILES string of the molecule is Clc1ccccc1-n1nc2ccc3nonc3c2n1. The Morgan fingerprint density at radius 2 is 1.74 bits per heavy atom. The maximum atomic E-state index is 6.14. The molecule has 6 nitrogen and oxygen atoms in total. The minimum atomic E-state index is 0.581. The van der Waals surface area contributed by atoms with Crippen molar-refractivity contribution in [1.82, 2.24) is 25.3 Å². The lowest BCUT2D eigenvalue weighted by molar-refractivity contribution is 0.315. The lowest BCUT2D eigenvalue weighted by Crippen LogP contribution is -1.98. The summed E-state index contributed by atoms with van der Waals surface area (Å²) < 4.78 is 4.71. The van der Waals surface area contributed by atoms with Gasteiger partial charge in [0.25, 0.3) is 0 Å². The van der Waals surface area contributed by atoms with E-state index in [1.807, 2.05) is 24.3 Å². The van der Waals surface area contributed by atoms with Crippen molar-refractivity contribution in [3.63, 3.8) is 0 Å². The molecule has 0 spiro atoms. The average Bonchev–Trinajstić information content (AvgIpc) is 3.04. The first kappa shape index (κ1) is 10.5. The van der Waals surface area contributed by atoms with Gasteiger partial charge in [0, 0.05) is 0 Å². The fourth-order valence-electron chi connectivity index (χ4n) is 1.95. The molecule has 4 aromatic rings. The summed E-state index contributed by atoms with van der Waals surface area (Å²) in [4.78, 5) is 1.49. The summed E-state index contributed by atoms with van der Waals surface area (Å²) in [5.41, 5.74) is 3.31. The molecule has 0 saturated carbocycles. The monoisotopic (exact) mass is 271 g/mol. The third-order valence-corrected chi connectivity index (χ3v) is 3.16. The molecule has 0 fully saturated rings. The summed E-state index contributed by atoms with van der Waals surface area (Å²) in [5, 5.41) is 17.0. The number of hydrogen-bond acceptors (Lipinski definition) is 5. The number of aromatic nitrogens is 5. The van der Waals surface area contributed by atoms with Crippen molar-refractivity contribution in [3.05, 3.63) is 41.4 Å². The summed E-state index contributed by atoms with van der Waals surface area (Å²) in [7, 11) is 0. The first-order valence-electron chi connectivity index (χ1n) is 5.56. The molecule has 2 aromatic heterocycles. The molecule has 0 aliphatic carbocycles. The van der Waals surface area contributed by atoms with Crippen molar-refractivity contribution in [3.8, 4) is 5.69 Å². The molecule has 7 heteroatoms. The van der Waals surface area contributed by atoms with Crippen LogP contribution in [0.4, 0.5) is 0 Å². The van der Waals surface area contributed by atoms with Gasteiger partial charge in [0.1, 0.15) is 22.2 Å². The van der Waals surface area contributed by atoms with E-state index in [-0.39, 0.29) is 0 Å². The largest absolute Gasteiger partial charge is 0.243 e. The standard InChI is InChI=1S/C12H6ClN5O/c13-7-3-1-2-4-10(7)18-14-8-5-6-9-12(11(8)15-18)17-19-16-9/h1-6H. The van der Waals surface area contributed by atoms with Gasteiger partial charge in [-0.05, 0) is 34.6 Å². The smallest absolute Gasteiger partial charge is 0.164 e. The van der Waals surface area contributed by atoms with Crippen LogP contribution in [0.5, 0.6) is 0 Å². The van der Waals surface area contributed by atoms with Gasteiger partial charge in [0.2, 0.25) is 0 Å². The molecule has 0 atom stereocenters. The van der Waals surface area contributed by atoms with Crippen molar-refractivity contribution >= 4 is 33.7 Å². The van der Waals surface area contributed by atoms with Gasteiger partial charge < -0.3 is 0 Å². The highest BCUT2D eigenvalue weighted by atomic mass is 35.5. The average molecular weight is 272 g/mol. The van der Waals surface area contributed by atoms with E-state index in [1.165, 1.54) is 4.80 Å². The molecule has 0 aliphatic rings. The summed E-state index contributed by atoms with van der Waals surface area (Å²) in [6.07, 6.45) is 0. The third kappa shape index (κ3) is 1.50. The van der Waals surface area contributed by atoms with E-state index >= 15 is 0 Å². The zero-order valence-electron chi connectivity index (χ0n) is 9.49. The summed E-state index contributed by atoms with van der Waals surface area (Å²) >= 11 is 6.14. The van der Waals surface area contributed by atoms with Crippen LogP contribution in [-0.4, -0.2) is 25.3 Å². The van der Waals surface area contributed by atoms with Crippen LogP contribution in [0.3, 0.4) is 0 Å². The molecule has 0 radical (unpaired) electrons. The van der Waals surface area contributed by atoms with Gasteiger partial charge in [-0.3, -0.25) is 0 Å². The van der Waals surface area contributed by atoms with Gasteiger partial charge in [-0.2, -0.15) is 0 Å². The van der Waals surface area contributed by atoms with Crippen LogP contribution < -0.4 is 0 Å². The van der Waals surface area contributed by atoms with Crippen LogP contribution in [-0.2, 0) is 0 Å². The quantitative estimate of drug-likeness (QED) is 0.532. The van der Waals surface area contributed by atoms with E-state index in [4.69, 9.17) is 16.2 Å². The Morgan fingerprint density at radius 3 is 2.63 bits per heavy atom. The predicted molar refractivity (Wildman–Crippen MR) is 69.2 cm³/mol. The Bertz CT molecular complexity index is 897. The third-order valence-electron chi connectivity index (χ3n) is 2.85. The molecule has 0 unspecified atom stereocenters. The Morgan fingerprint density at radius 1 is 0.895 bits per heavy atom. The summed E-state index contributed by atoms with van der Waals surface area (Å²) in [6, 6.07) is 11.0. The van der Waals surface area contributed by atoms with Gasteiger partial charge in [-0.25, -0.2) is 4.63 Å². The second-order valence-electron chi connectivity index (χ2n) is 4.01. The van der Waals surface area contributed by atoms with E-state index in [2.05, 4.69) is 20.5 Å². The zero-order chi connectivity index (χ0) is 12.8. The van der Waals surface area contributed by atoms with Crippen LogP contribution in [0.15, 0.2) is 41.0 Å². The fraction of sp³-hybridized carbons (Fsp3) is 0. The van der Waals surface area contributed by atoms with Crippen molar-refractivity contribution in [1.29, 1.82) is 0 Å². The number of rotatable bonds is 1. The fourth-order valence-corrected chi connectivity index (χ4v) is 2.16. The molecular formula is C12H6ClN5O. The highest BCUT2D eigenvalue weighted by molar-refractivity contribution is 6.32. The van der Waals surface area contributed by atoms with Crippen molar-refractivity contribution in [2.45, 2.75) is 0 Å². The molecule has 4 rings (SSSR count).